The highest BCUT2D eigenvalue weighted by Gasteiger charge is 2.18. The number of hydrogen-bond donors (Lipinski definition) is 1. The minimum Gasteiger partial charge on any atom is -0.449 e. The zero-order valence-electron chi connectivity index (χ0n) is 16.4. The molecule has 2 aromatic heterocycles. The highest BCUT2D eigenvalue weighted by Crippen LogP contribution is 2.21. The van der Waals surface area contributed by atoms with E-state index in [0.29, 0.717) is 17.4 Å². The molecule has 0 unspecified atom stereocenters. The average molecular weight is 414 g/mol. The van der Waals surface area contributed by atoms with Crippen molar-refractivity contribution in [1.82, 2.24) is 19.7 Å². The molecule has 8 nitrogen and oxygen atoms in total. The van der Waals surface area contributed by atoms with Crippen LogP contribution in [0.15, 0.2) is 45.9 Å². The van der Waals surface area contributed by atoms with Gasteiger partial charge < -0.3 is 9.32 Å². The van der Waals surface area contributed by atoms with Crippen LogP contribution in [0.5, 0.6) is 0 Å². The summed E-state index contributed by atoms with van der Waals surface area (Å²) in [6.45, 7) is 5.63. The van der Waals surface area contributed by atoms with Crippen molar-refractivity contribution in [3.05, 3.63) is 54.0 Å². The van der Waals surface area contributed by atoms with Gasteiger partial charge in [0, 0.05) is 37.3 Å². The molecule has 1 aromatic carbocycles. The van der Waals surface area contributed by atoms with Crippen LogP contribution in [-0.2, 0) is 16.6 Å². The number of oxazole rings is 1. The molecule has 1 aliphatic rings. The van der Waals surface area contributed by atoms with Gasteiger partial charge in [-0.2, -0.15) is 0 Å². The Labute approximate surface area is 170 Å². The van der Waals surface area contributed by atoms with Crippen LogP contribution in [-0.4, -0.2) is 36.5 Å². The first kappa shape index (κ1) is 19.5. The number of nitrogens with one attached hydrogen (secondary N) is 1. The minimum absolute atomic E-state index is 0.0368. The van der Waals surface area contributed by atoms with Gasteiger partial charge >= 0.3 is 0 Å². The van der Waals surface area contributed by atoms with Crippen molar-refractivity contribution in [3.63, 3.8) is 0 Å². The van der Waals surface area contributed by atoms with E-state index in [-0.39, 0.29) is 11.4 Å². The Balaban J connectivity index is 1.47. The second-order valence-electron chi connectivity index (χ2n) is 7.08. The van der Waals surface area contributed by atoms with Crippen LogP contribution in [0.3, 0.4) is 0 Å². The molecule has 3 heterocycles. The fourth-order valence-electron chi connectivity index (χ4n) is 3.34. The lowest BCUT2D eigenvalue weighted by Gasteiger charge is -2.17. The second-order valence-corrected chi connectivity index (χ2v) is 8.85. The molecule has 152 valence electrons. The van der Waals surface area contributed by atoms with Crippen molar-refractivity contribution in [3.8, 4) is 11.3 Å². The number of benzene rings is 1. The van der Waals surface area contributed by atoms with Gasteiger partial charge in [-0.3, -0.25) is 0 Å². The highest BCUT2D eigenvalue weighted by atomic mass is 32.2. The van der Waals surface area contributed by atoms with Crippen molar-refractivity contribution in [1.29, 1.82) is 0 Å². The van der Waals surface area contributed by atoms with Gasteiger partial charge in [0.15, 0.2) is 5.89 Å². The molecule has 0 saturated carbocycles. The van der Waals surface area contributed by atoms with Crippen LogP contribution >= 0.6 is 0 Å². The van der Waals surface area contributed by atoms with Crippen molar-refractivity contribution in [2.75, 3.05) is 18.0 Å². The van der Waals surface area contributed by atoms with E-state index in [1.54, 1.807) is 37.5 Å². The Bertz CT molecular complexity index is 1100. The summed E-state index contributed by atoms with van der Waals surface area (Å²) < 4.78 is 33.1. The zero-order chi connectivity index (χ0) is 20.4. The molecular weight excluding hydrogens is 390 g/mol. The molecule has 0 spiro atoms. The highest BCUT2D eigenvalue weighted by molar-refractivity contribution is 7.89. The largest absolute Gasteiger partial charge is 0.449 e. The van der Waals surface area contributed by atoms with Crippen LogP contribution in [0.4, 0.5) is 5.82 Å². The molecule has 9 heteroatoms. The molecule has 0 amide bonds. The second kappa shape index (κ2) is 7.92. The number of anilines is 1. The maximum atomic E-state index is 12.7. The summed E-state index contributed by atoms with van der Waals surface area (Å²) in [6.07, 6.45) is 3.84. The van der Waals surface area contributed by atoms with E-state index >= 15 is 0 Å². The molecule has 0 aliphatic carbocycles. The predicted molar refractivity (Wildman–Crippen MR) is 109 cm³/mol. The summed E-state index contributed by atoms with van der Waals surface area (Å²) in [7, 11) is -3.68. The molecule has 0 atom stereocenters. The van der Waals surface area contributed by atoms with Gasteiger partial charge in [-0.25, -0.2) is 28.1 Å². The van der Waals surface area contributed by atoms with Crippen LogP contribution in [0, 0.1) is 13.8 Å². The van der Waals surface area contributed by atoms with E-state index in [4.69, 9.17) is 4.42 Å². The van der Waals surface area contributed by atoms with E-state index in [9.17, 15) is 8.42 Å². The normalized spacial score (nSPS) is 14.5. The van der Waals surface area contributed by atoms with E-state index in [1.165, 1.54) is 0 Å². The summed E-state index contributed by atoms with van der Waals surface area (Å²) in [5.74, 6) is 1.88. The van der Waals surface area contributed by atoms with Crippen molar-refractivity contribution < 1.29 is 12.8 Å². The number of nitrogens with zero attached hydrogens (tertiary/aromatic N) is 4. The Morgan fingerprint density at radius 2 is 1.79 bits per heavy atom. The van der Waals surface area contributed by atoms with Crippen LogP contribution in [0.25, 0.3) is 11.3 Å². The van der Waals surface area contributed by atoms with Gasteiger partial charge in [0.1, 0.15) is 23.6 Å². The summed E-state index contributed by atoms with van der Waals surface area (Å²) in [5, 5.41) is 0. The molecule has 1 saturated heterocycles. The van der Waals surface area contributed by atoms with Crippen molar-refractivity contribution in [2.45, 2.75) is 38.1 Å². The molecule has 4 rings (SSSR count). The third kappa shape index (κ3) is 4.46. The Hall–Kier alpha value is -2.78. The lowest BCUT2D eigenvalue weighted by Crippen LogP contribution is -2.26. The number of aromatic nitrogens is 3. The first-order chi connectivity index (χ1) is 13.9. The maximum Gasteiger partial charge on any atom is 0.240 e. The van der Waals surface area contributed by atoms with E-state index in [0.717, 1.165) is 43.0 Å². The SMILES string of the molecule is Cc1cc(N2CCCC2)nc(CNS(=O)(=O)c2ccc(-c3coc(C)n3)cc2)n1. The molecule has 1 N–H and O–H groups in total. The first-order valence-corrected chi connectivity index (χ1v) is 11.0. The van der Waals surface area contributed by atoms with Gasteiger partial charge in [-0.15, -0.1) is 0 Å². The number of rotatable bonds is 6. The van der Waals surface area contributed by atoms with Gasteiger partial charge in [0.25, 0.3) is 0 Å². The van der Waals surface area contributed by atoms with E-state index in [2.05, 4.69) is 24.6 Å². The number of sulfonamides is 1. The summed E-state index contributed by atoms with van der Waals surface area (Å²) in [6, 6.07) is 8.46. The van der Waals surface area contributed by atoms with Crippen molar-refractivity contribution >= 4 is 15.8 Å². The Kier molecular flexibility index (Phi) is 5.33. The summed E-state index contributed by atoms with van der Waals surface area (Å²) in [5.41, 5.74) is 2.28. The quantitative estimate of drug-likeness (QED) is 0.663. The summed E-state index contributed by atoms with van der Waals surface area (Å²) in [4.78, 5) is 15.5. The zero-order valence-corrected chi connectivity index (χ0v) is 17.2. The standard InChI is InChI=1S/C20H23N5O3S/c1-14-11-20(25-9-3-4-10-25)24-19(22-14)12-21-29(26,27)17-7-5-16(6-8-17)18-13-28-15(2)23-18/h5-8,11,13,21H,3-4,9-10,12H2,1-2H3. The fraction of sp³-hybridized carbons (Fsp3) is 0.350. The first-order valence-electron chi connectivity index (χ1n) is 9.52. The molecule has 1 fully saturated rings. The third-order valence-corrected chi connectivity index (χ3v) is 6.23. The summed E-state index contributed by atoms with van der Waals surface area (Å²) >= 11 is 0. The van der Waals surface area contributed by atoms with Gasteiger partial charge in [0.05, 0.1) is 11.4 Å². The van der Waals surface area contributed by atoms with Crippen LogP contribution < -0.4 is 9.62 Å². The molecule has 0 radical (unpaired) electrons. The minimum atomic E-state index is -3.68. The topological polar surface area (TPSA) is 101 Å². The van der Waals surface area contributed by atoms with Crippen LogP contribution in [0.1, 0.15) is 30.3 Å². The maximum absolute atomic E-state index is 12.7. The van der Waals surface area contributed by atoms with Gasteiger partial charge in [0.2, 0.25) is 10.0 Å². The average Bonchev–Trinajstić information content (AvgIpc) is 3.38. The number of hydrogen-bond acceptors (Lipinski definition) is 7. The smallest absolute Gasteiger partial charge is 0.240 e. The lowest BCUT2D eigenvalue weighted by atomic mass is 10.2. The third-order valence-electron chi connectivity index (χ3n) is 4.82. The Morgan fingerprint density at radius 3 is 2.45 bits per heavy atom. The number of aryl methyl sites for hydroxylation is 2. The molecule has 0 bridgehead atoms. The van der Waals surface area contributed by atoms with E-state index in [1.807, 2.05) is 13.0 Å². The van der Waals surface area contributed by atoms with Crippen molar-refractivity contribution in [2.24, 2.45) is 0 Å². The molecule has 29 heavy (non-hydrogen) atoms. The van der Waals surface area contributed by atoms with Gasteiger partial charge in [-0.1, -0.05) is 12.1 Å². The lowest BCUT2D eigenvalue weighted by molar-refractivity contribution is 0.521. The molecular formula is C20H23N5O3S. The molecule has 3 aromatic rings. The predicted octanol–water partition coefficient (Wildman–Crippen LogP) is 2.83. The Morgan fingerprint density at radius 1 is 1.07 bits per heavy atom. The van der Waals surface area contributed by atoms with Gasteiger partial charge in [-0.05, 0) is 31.9 Å². The monoisotopic (exact) mass is 413 g/mol. The van der Waals surface area contributed by atoms with E-state index < -0.39 is 10.0 Å². The van der Waals surface area contributed by atoms with Crippen LogP contribution in [0.2, 0.25) is 0 Å². The molecule has 1 aliphatic heterocycles. The fourth-order valence-corrected chi connectivity index (χ4v) is 4.32.